The summed E-state index contributed by atoms with van der Waals surface area (Å²) in [5.74, 6) is -1.18. The summed E-state index contributed by atoms with van der Waals surface area (Å²) in [5, 5.41) is 16.9. The van der Waals surface area contributed by atoms with Crippen LogP contribution < -0.4 is 10.9 Å². The van der Waals surface area contributed by atoms with Crippen molar-refractivity contribution < 1.29 is 14.7 Å². The highest BCUT2D eigenvalue weighted by Gasteiger charge is 2.10. The van der Waals surface area contributed by atoms with Gasteiger partial charge in [0.15, 0.2) is 0 Å². The smallest absolute Gasteiger partial charge is 0.303 e. The predicted octanol–water partition coefficient (Wildman–Crippen LogP) is 0.000600. The van der Waals surface area contributed by atoms with Gasteiger partial charge in [0.05, 0.1) is 0 Å². The summed E-state index contributed by atoms with van der Waals surface area (Å²) in [4.78, 5) is 32.7. The fourth-order valence-corrected chi connectivity index (χ4v) is 1.30. The molecular formula is C11H15N3O4. The Hall–Kier alpha value is -2.18. The summed E-state index contributed by atoms with van der Waals surface area (Å²) < 4.78 is 0. The first kappa shape index (κ1) is 13.9. The molecule has 0 aliphatic heterocycles. The minimum Gasteiger partial charge on any atom is -0.481 e. The lowest BCUT2D eigenvalue weighted by molar-refractivity contribution is -0.137. The zero-order chi connectivity index (χ0) is 13.5. The number of nitrogens with zero attached hydrogens (tertiary/aromatic N) is 1. The molecule has 0 radical (unpaired) electrons. The summed E-state index contributed by atoms with van der Waals surface area (Å²) in [6.07, 6.45) is 0.572. The Morgan fingerprint density at radius 2 is 2.22 bits per heavy atom. The maximum absolute atomic E-state index is 11.6. The molecule has 0 aliphatic carbocycles. The molecule has 1 atom stereocenters. The van der Waals surface area contributed by atoms with E-state index >= 15 is 0 Å². The summed E-state index contributed by atoms with van der Waals surface area (Å²) >= 11 is 0. The Labute approximate surface area is 103 Å². The molecule has 0 saturated carbocycles. The maximum Gasteiger partial charge on any atom is 0.303 e. The number of carbonyl (C=O) groups is 2. The monoisotopic (exact) mass is 253 g/mol. The van der Waals surface area contributed by atoms with Gasteiger partial charge >= 0.3 is 5.97 Å². The second-order valence-electron chi connectivity index (χ2n) is 4.05. The van der Waals surface area contributed by atoms with Crippen LogP contribution in [-0.2, 0) is 4.79 Å². The molecule has 1 amide bonds. The van der Waals surface area contributed by atoms with Crippen LogP contribution in [0.5, 0.6) is 0 Å². The van der Waals surface area contributed by atoms with Crippen molar-refractivity contribution >= 4 is 11.9 Å². The van der Waals surface area contributed by atoms with Gasteiger partial charge in [0.25, 0.3) is 11.5 Å². The van der Waals surface area contributed by atoms with E-state index in [2.05, 4.69) is 15.5 Å². The van der Waals surface area contributed by atoms with Crippen molar-refractivity contribution in [3.05, 3.63) is 28.2 Å². The molecule has 0 aromatic carbocycles. The number of aromatic nitrogens is 2. The van der Waals surface area contributed by atoms with Gasteiger partial charge in [-0.15, -0.1) is 0 Å². The summed E-state index contributed by atoms with van der Waals surface area (Å²) in [6.45, 7) is 2.22. The third-order valence-corrected chi connectivity index (χ3v) is 2.37. The lowest BCUT2D eigenvalue weighted by Crippen LogP contribution is -2.30. The molecule has 18 heavy (non-hydrogen) atoms. The molecular weight excluding hydrogens is 238 g/mol. The van der Waals surface area contributed by atoms with Crippen LogP contribution in [0.3, 0.4) is 0 Å². The molecule has 3 N–H and O–H groups in total. The molecule has 98 valence electrons. The number of rotatable bonds is 6. The van der Waals surface area contributed by atoms with E-state index in [1.165, 1.54) is 12.1 Å². The highest BCUT2D eigenvalue weighted by molar-refractivity contribution is 5.91. The van der Waals surface area contributed by atoms with Gasteiger partial charge in [-0.3, -0.25) is 14.4 Å². The highest BCUT2D eigenvalue weighted by atomic mass is 16.4. The molecule has 0 bridgehead atoms. The highest BCUT2D eigenvalue weighted by Crippen LogP contribution is 2.04. The van der Waals surface area contributed by atoms with Crippen LogP contribution in [0.4, 0.5) is 0 Å². The Bertz CT molecular complexity index is 463. The van der Waals surface area contributed by atoms with Gasteiger partial charge in [0.1, 0.15) is 5.69 Å². The first-order chi connectivity index (χ1) is 8.49. The number of carboxylic acids is 1. The van der Waals surface area contributed by atoms with E-state index in [1.807, 2.05) is 6.92 Å². The molecule has 1 heterocycles. The van der Waals surface area contributed by atoms with E-state index in [1.54, 1.807) is 0 Å². The molecule has 0 aliphatic rings. The molecule has 1 rings (SSSR count). The lowest BCUT2D eigenvalue weighted by atomic mass is 10.1. The van der Waals surface area contributed by atoms with Gasteiger partial charge in [0.2, 0.25) is 0 Å². The number of hydrogen-bond donors (Lipinski definition) is 3. The Morgan fingerprint density at radius 1 is 1.50 bits per heavy atom. The standard InChI is InChI=1S/C11H15N3O4/c1-7(2-5-10(16)17)6-12-11(18)8-3-4-9(15)14-13-8/h3-4,7H,2,5-6H2,1H3,(H,12,18)(H,14,15)(H,16,17). The first-order valence-corrected chi connectivity index (χ1v) is 5.54. The number of aliphatic carboxylic acids is 1. The van der Waals surface area contributed by atoms with Gasteiger partial charge in [-0.1, -0.05) is 6.92 Å². The molecule has 0 spiro atoms. The van der Waals surface area contributed by atoms with Crippen molar-refractivity contribution in [3.63, 3.8) is 0 Å². The van der Waals surface area contributed by atoms with Gasteiger partial charge in [-0.05, 0) is 18.4 Å². The van der Waals surface area contributed by atoms with E-state index in [0.717, 1.165) is 0 Å². The second-order valence-corrected chi connectivity index (χ2v) is 4.05. The quantitative estimate of drug-likeness (QED) is 0.660. The SMILES string of the molecule is CC(CCC(=O)O)CNC(=O)c1ccc(=O)[nH]n1. The molecule has 0 fully saturated rings. The molecule has 1 aromatic rings. The number of H-pyrrole nitrogens is 1. The largest absolute Gasteiger partial charge is 0.481 e. The lowest BCUT2D eigenvalue weighted by Gasteiger charge is -2.10. The van der Waals surface area contributed by atoms with E-state index in [9.17, 15) is 14.4 Å². The molecule has 0 saturated heterocycles. The third-order valence-electron chi connectivity index (χ3n) is 2.37. The van der Waals surface area contributed by atoms with Crippen LogP contribution >= 0.6 is 0 Å². The van der Waals surface area contributed by atoms with Gasteiger partial charge in [0, 0.05) is 19.0 Å². The zero-order valence-electron chi connectivity index (χ0n) is 9.97. The number of carboxylic acid groups (broad SMARTS) is 1. The average Bonchev–Trinajstić information content (AvgIpc) is 2.34. The van der Waals surface area contributed by atoms with Crippen molar-refractivity contribution in [2.45, 2.75) is 19.8 Å². The maximum atomic E-state index is 11.6. The van der Waals surface area contributed by atoms with E-state index < -0.39 is 11.9 Å². The average molecular weight is 253 g/mol. The van der Waals surface area contributed by atoms with E-state index in [0.29, 0.717) is 13.0 Å². The summed E-state index contributed by atoms with van der Waals surface area (Å²) in [7, 11) is 0. The molecule has 1 unspecified atom stereocenters. The number of carbonyl (C=O) groups excluding carboxylic acids is 1. The Kier molecular flexibility index (Phi) is 5.04. The van der Waals surface area contributed by atoms with Crippen LogP contribution in [0.1, 0.15) is 30.3 Å². The van der Waals surface area contributed by atoms with Crippen molar-refractivity contribution in [2.75, 3.05) is 6.54 Å². The van der Waals surface area contributed by atoms with Crippen LogP contribution in [0.15, 0.2) is 16.9 Å². The van der Waals surface area contributed by atoms with Crippen LogP contribution in [-0.4, -0.2) is 33.7 Å². The number of aromatic amines is 1. The fourth-order valence-electron chi connectivity index (χ4n) is 1.30. The van der Waals surface area contributed by atoms with Crippen molar-refractivity contribution in [3.8, 4) is 0 Å². The van der Waals surface area contributed by atoms with Gasteiger partial charge in [-0.25, -0.2) is 5.10 Å². The normalized spacial score (nSPS) is 11.8. The van der Waals surface area contributed by atoms with E-state index in [4.69, 9.17) is 5.11 Å². The Morgan fingerprint density at radius 3 is 2.78 bits per heavy atom. The van der Waals surface area contributed by atoms with Gasteiger partial charge < -0.3 is 10.4 Å². The topological polar surface area (TPSA) is 112 Å². The molecule has 7 nitrogen and oxygen atoms in total. The zero-order valence-corrected chi connectivity index (χ0v) is 9.97. The fraction of sp³-hybridized carbons (Fsp3) is 0.455. The van der Waals surface area contributed by atoms with Crippen LogP contribution in [0, 0.1) is 5.92 Å². The minimum atomic E-state index is -0.851. The molecule has 1 aromatic heterocycles. The number of hydrogen-bond acceptors (Lipinski definition) is 4. The molecule has 7 heteroatoms. The number of nitrogens with one attached hydrogen (secondary N) is 2. The second kappa shape index (κ2) is 6.53. The van der Waals surface area contributed by atoms with Crippen LogP contribution in [0.2, 0.25) is 0 Å². The van der Waals surface area contributed by atoms with Gasteiger partial charge in [-0.2, -0.15) is 5.10 Å². The first-order valence-electron chi connectivity index (χ1n) is 5.54. The predicted molar refractivity (Wildman–Crippen MR) is 63.2 cm³/mol. The van der Waals surface area contributed by atoms with Crippen LogP contribution in [0.25, 0.3) is 0 Å². The van der Waals surface area contributed by atoms with Crippen molar-refractivity contribution in [2.24, 2.45) is 5.92 Å². The minimum absolute atomic E-state index is 0.0628. The third kappa shape index (κ3) is 4.77. The summed E-state index contributed by atoms with van der Waals surface area (Å²) in [5.41, 5.74) is -0.249. The van der Waals surface area contributed by atoms with Crippen molar-refractivity contribution in [1.29, 1.82) is 0 Å². The summed E-state index contributed by atoms with van der Waals surface area (Å²) in [6, 6.07) is 2.55. The van der Waals surface area contributed by atoms with E-state index in [-0.39, 0.29) is 23.6 Å². The Balaban J connectivity index is 2.39. The van der Waals surface area contributed by atoms with Crippen molar-refractivity contribution in [1.82, 2.24) is 15.5 Å². The number of amides is 1.